The molecule has 8 heteroatoms. The molecule has 3 heterocycles. The van der Waals surface area contributed by atoms with Gasteiger partial charge in [0.2, 0.25) is 11.2 Å². The minimum Gasteiger partial charge on any atom is -0.473 e. The van der Waals surface area contributed by atoms with E-state index in [2.05, 4.69) is 26.8 Å². The smallest absolute Gasteiger partial charge is 0.246 e. The first kappa shape index (κ1) is 17.4. The summed E-state index contributed by atoms with van der Waals surface area (Å²) in [4.78, 5) is 16.6. The van der Waals surface area contributed by atoms with Crippen molar-refractivity contribution in [3.05, 3.63) is 10.3 Å². The lowest BCUT2D eigenvalue weighted by Gasteiger charge is -2.38. The van der Waals surface area contributed by atoms with Gasteiger partial charge in [0.15, 0.2) is 10.3 Å². The number of rotatable bonds is 4. The Hall–Kier alpha value is -1.02. The van der Waals surface area contributed by atoms with Crippen LogP contribution in [0.3, 0.4) is 0 Å². The van der Waals surface area contributed by atoms with E-state index in [-0.39, 0.29) is 11.4 Å². The fraction of sp³-hybridized carbons (Fsp3) is 0.706. The molecule has 0 N–H and O–H groups in total. The Bertz CT molecular complexity index is 727. The van der Waals surface area contributed by atoms with Crippen molar-refractivity contribution in [3.63, 3.8) is 0 Å². The average molecular weight is 383 g/mol. The fourth-order valence-corrected chi connectivity index (χ4v) is 4.76. The number of ether oxygens (including phenoxy) is 2. The molecule has 1 saturated heterocycles. The second kappa shape index (κ2) is 7.70. The Morgan fingerprint density at radius 2 is 1.92 bits per heavy atom. The van der Waals surface area contributed by atoms with Crippen molar-refractivity contribution in [3.8, 4) is 5.88 Å². The summed E-state index contributed by atoms with van der Waals surface area (Å²) in [6.07, 6.45) is 5.45. The summed E-state index contributed by atoms with van der Waals surface area (Å²) in [5, 5.41) is 1.27. The number of morpholine rings is 1. The van der Waals surface area contributed by atoms with Crippen molar-refractivity contribution in [1.82, 2.24) is 19.9 Å². The van der Waals surface area contributed by atoms with Gasteiger partial charge in [-0.1, -0.05) is 18.3 Å². The monoisotopic (exact) mass is 382 g/mol. The Balaban J connectivity index is 1.43. The second-order valence-electron chi connectivity index (χ2n) is 6.61. The van der Waals surface area contributed by atoms with E-state index in [1.165, 1.54) is 0 Å². The summed E-state index contributed by atoms with van der Waals surface area (Å²) in [7, 11) is 0. The number of halogens is 1. The van der Waals surface area contributed by atoms with Crippen LogP contribution < -0.4 is 4.74 Å². The van der Waals surface area contributed by atoms with Crippen molar-refractivity contribution in [1.29, 1.82) is 0 Å². The van der Waals surface area contributed by atoms with Gasteiger partial charge < -0.3 is 9.47 Å². The molecule has 0 radical (unpaired) electrons. The van der Waals surface area contributed by atoms with Crippen molar-refractivity contribution < 1.29 is 9.47 Å². The molecule has 0 bridgehead atoms. The van der Waals surface area contributed by atoms with Crippen LogP contribution in [-0.4, -0.2) is 58.3 Å². The van der Waals surface area contributed by atoms with E-state index >= 15 is 0 Å². The van der Waals surface area contributed by atoms with Crippen LogP contribution in [0.1, 0.15) is 37.6 Å². The lowest BCUT2D eigenvalue weighted by atomic mass is 9.91. The summed E-state index contributed by atoms with van der Waals surface area (Å²) in [6, 6.07) is 0.656. The maximum Gasteiger partial charge on any atom is 0.246 e. The Kier molecular flexibility index (Phi) is 5.36. The maximum atomic E-state index is 6.21. The molecule has 136 valence electrons. The normalized spacial score (nSPS) is 25.4. The van der Waals surface area contributed by atoms with E-state index in [1.54, 1.807) is 11.3 Å². The minimum absolute atomic E-state index is 0.179. The van der Waals surface area contributed by atoms with Gasteiger partial charge in [0.05, 0.1) is 18.2 Å². The third-order valence-corrected chi connectivity index (χ3v) is 6.29. The third kappa shape index (κ3) is 3.89. The van der Waals surface area contributed by atoms with Crippen LogP contribution in [0.5, 0.6) is 5.88 Å². The topological polar surface area (TPSA) is 60.4 Å². The highest BCUT2D eigenvalue weighted by molar-refractivity contribution is 7.18. The third-order valence-electron chi connectivity index (χ3n) is 5.03. The van der Waals surface area contributed by atoms with E-state index in [0.29, 0.717) is 11.9 Å². The molecule has 1 aliphatic heterocycles. The van der Waals surface area contributed by atoms with Crippen molar-refractivity contribution in [2.75, 3.05) is 26.3 Å². The number of aryl methyl sites for hydroxylation is 1. The van der Waals surface area contributed by atoms with Crippen molar-refractivity contribution in [2.45, 2.75) is 51.2 Å². The maximum absolute atomic E-state index is 6.21. The van der Waals surface area contributed by atoms with Crippen LogP contribution in [-0.2, 0) is 11.2 Å². The Labute approximate surface area is 156 Å². The second-order valence-corrected chi connectivity index (χ2v) is 8.01. The van der Waals surface area contributed by atoms with E-state index in [1.807, 2.05) is 0 Å². The molecule has 25 heavy (non-hydrogen) atoms. The molecule has 6 nitrogen and oxygen atoms in total. The average Bonchev–Trinajstić information content (AvgIpc) is 3.06. The molecule has 2 aromatic heterocycles. The van der Waals surface area contributed by atoms with Gasteiger partial charge in [-0.2, -0.15) is 4.98 Å². The number of fused-ring (bicyclic) bond motifs is 1. The molecular weight excluding hydrogens is 360 g/mol. The predicted octanol–water partition coefficient (Wildman–Crippen LogP) is 3.32. The van der Waals surface area contributed by atoms with Crippen LogP contribution >= 0.6 is 22.9 Å². The number of aromatic nitrogens is 3. The van der Waals surface area contributed by atoms with Crippen LogP contribution in [0, 0.1) is 0 Å². The Morgan fingerprint density at radius 1 is 1.16 bits per heavy atom. The molecule has 1 aliphatic carbocycles. The lowest BCUT2D eigenvalue weighted by molar-refractivity contribution is -0.00127. The van der Waals surface area contributed by atoms with Crippen molar-refractivity contribution >= 4 is 33.3 Å². The summed E-state index contributed by atoms with van der Waals surface area (Å²) < 4.78 is 11.7. The molecule has 0 atom stereocenters. The molecule has 0 aromatic carbocycles. The highest BCUT2D eigenvalue weighted by Crippen LogP contribution is 2.32. The van der Waals surface area contributed by atoms with Gasteiger partial charge in [-0.3, -0.25) is 4.90 Å². The molecule has 1 saturated carbocycles. The van der Waals surface area contributed by atoms with Gasteiger partial charge in [-0.25, -0.2) is 9.97 Å². The number of thiazole rings is 1. The summed E-state index contributed by atoms with van der Waals surface area (Å²) in [5.74, 6) is 0.542. The zero-order valence-electron chi connectivity index (χ0n) is 14.4. The van der Waals surface area contributed by atoms with Crippen LogP contribution in [0.25, 0.3) is 10.3 Å². The lowest BCUT2D eigenvalue weighted by Crippen LogP contribution is -2.46. The largest absolute Gasteiger partial charge is 0.473 e. The van der Waals surface area contributed by atoms with Crippen LogP contribution in [0.4, 0.5) is 0 Å². The minimum atomic E-state index is 0.179. The molecule has 0 amide bonds. The van der Waals surface area contributed by atoms with E-state index in [4.69, 9.17) is 21.1 Å². The molecular formula is C17H23ClN4O2S. The SMILES string of the molecule is CCc1nc2c(O[C@H]3CC[C@H](N4CCOCC4)CC3)nc(Cl)nc2s1. The zero-order valence-corrected chi connectivity index (χ0v) is 16.0. The van der Waals surface area contributed by atoms with Crippen LogP contribution in [0.15, 0.2) is 0 Å². The number of hydrogen-bond acceptors (Lipinski definition) is 7. The highest BCUT2D eigenvalue weighted by atomic mass is 35.5. The fourth-order valence-electron chi connectivity index (χ4n) is 3.68. The van der Waals surface area contributed by atoms with Gasteiger partial charge >= 0.3 is 0 Å². The zero-order chi connectivity index (χ0) is 17.2. The number of nitrogens with zero attached hydrogens (tertiary/aromatic N) is 4. The first-order chi connectivity index (χ1) is 12.2. The standard InChI is InChI=1S/C17H23ClN4O2S/c1-2-13-19-14-15(20-17(18)21-16(14)25-13)24-12-5-3-11(4-6-12)22-7-9-23-10-8-22/h11-12H,2-10H2,1H3/t11-,12-. The molecule has 2 aliphatic rings. The van der Waals surface area contributed by atoms with Gasteiger partial charge in [-0.05, 0) is 43.7 Å². The predicted molar refractivity (Wildman–Crippen MR) is 98.7 cm³/mol. The molecule has 2 fully saturated rings. The summed E-state index contributed by atoms with van der Waals surface area (Å²) in [5.41, 5.74) is 0.751. The first-order valence-electron chi connectivity index (χ1n) is 9.04. The van der Waals surface area contributed by atoms with Gasteiger partial charge in [0, 0.05) is 19.1 Å². The van der Waals surface area contributed by atoms with Gasteiger partial charge in [0.25, 0.3) is 0 Å². The highest BCUT2D eigenvalue weighted by Gasteiger charge is 2.28. The first-order valence-corrected chi connectivity index (χ1v) is 10.2. The molecule has 2 aromatic rings. The summed E-state index contributed by atoms with van der Waals surface area (Å²) >= 11 is 7.64. The number of hydrogen-bond donors (Lipinski definition) is 0. The van der Waals surface area contributed by atoms with Crippen molar-refractivity contribution in [2.24, 2.45) is 0 Å². The van der Waals surface area contributed by atoms with E-state index in [0.717, 1.165) is 73.8 Å². The van der Waals surface area contributed by atoms with E-state index in [9.17, 15) is 0 Å². The molecule has 4 rings (SSSR count). The summed E-state index contributed by atoms with van der Waals surface area (Å²) in [6.45, 7) is 5.91. The van der Waals surface area contributed by atoms with E-state index < -0.39 is 0 Å². The van der Waals surface area contributed by atoms with Gasteiger partial charge in [-0.15, -0.1) is 0 Å². The van der Waals surface area contributed by atoms with Gasteiger partial charge in [0.1, 0.15) is 6.10 Å². The van der Waals surface area contributed by atoms with Crippen LogP contribution in [0.2, 0.25) is 5.28 Å². The quantitative estimate of drug-likeness (QED) is 0.756. The Morgan fingerprint density at radius 3 is 2.64 bits per heavy atom. The molecule has 0 spiro atoms. The molecule has 0 unspecified atom stereocenters.